The Hall–Kier alpha value is -1.26. The van der Waals surface area contributed by atoms with E-state index in [2.05, 4.69) is 23.8 Å². The highest BCUT2D eigenvalue weighted by Gasteiger charge is 2.15. The molecule has 1 N–H and O–H groups in total. The molecule has 0 saturated heterocycles. The van der Waals surface area contributed by atoms with Gasteiger partial charge in [-0.1, -0.05) is 39.3 Å². The van der Waals surface area contributed by atoms with E-state index in [1.54, 1.807) is 13.0 Å². The van der Waals surface area contributed by atoms with Crippen molar-refractivity contribution in [3.05, 3.63) is 23.8 Å². The van der Waals surface area contributed by atoms with Crippen molar-refractivity contribution < 1.29 is 9.53 Å². The molecule has 4 nitrogen and oxygen atoms in total. The van der Waals surface area contributed by atoms with Gasteiger partial charge < -0.3 is 10.1 Å². The molecular formula is C19H34N2O2. The molecular weight excluding hydrogens is 288 g/mol. The third-order valence-electron chi connectivity index (χ3n) is 3.79. The Bertz CT molecular complexity index is 425. The standard InChI is InChI=1S/C19H34N2O2/c1-7-10-11-17(23-13-12-20-6)14-21-19(16(5)22)18(9-3)15(4)8-2/h8,17,20H,2,7,9-14H2,1,3-6H3/b18-15-,21-19-. The number of carbonyl (C=O) groups is 1. The van der Waals surface area contributed by atoms with Gasteiger partial charge in [0.15, 0.2) is 5.78 Å². The molecule has 0 radical (unpaired) electrons. The number of aliphatic imine (C=N–C) groups is 1. The zero-order chi connectivity index (χ0) is 17.7. The van der Waals surface area contributed by atoms with Crippen LogP contribution in [0.4, 0.5) is 0 Å². The van der Waals surface area contributed by atoms with Crippen molar-refractivity contribution >= 4 is 11.5 Å². The Balaban J connectivity index is 5.13. The number of ether oxygens (including phenoxy) is 1. The van der Waals surface area contributed by atoms with Crippen molar-refractivity contribution in [2.75, 3.05) is 26.7 Å². The van der Waals surface area contributed by atoms with Crippen molar-refractivity contribution in [3.8, 4) is 0 Å². The molecule has 4 heteroatoms. The number of rotatable bonds is 13. The maximum absolute atomic E-state index is 12.0. The van der Waals surface area contributed by atoms with Gasteiger partial charge in [0.25, 0.3) is 0 Å². The fourth-order valence-corrected chi connectivity index (χ4v) is 2.36. The van der Waals surface area contributed by atoms with Gasteiger partial charge in [-0.3, -0.25) is 9.79 Å². The minimum atomic E-state index is 0.00696. The van der Waals surface area contributed by atoms with E-state index in [0.717, 1.165) is 43.4 Å². The highest BCUT2D eigenvalue weighted by atomic mass is 16.5. The van der Waals surface area contributed by atoms with Crippen LogP contribution in [-0.2, 0) is 9.53 Å². The molecule has 0 heterocycles. The van der Waals surface area contributed by atoms with Crippen molar-refractivity contribution in [3.63, 3.8) is 0 Å². The topological polar surface area (TPSA) is 50.7 Å². The first kappa shape index (κ1) is 21.7. The molecule has 23 heavy (non-hydrogen) atoms. The van der Waals surface area contributed by atoms with E-state index in [1.807, 2.05) is 20.9 Å². The van der Waals surface area contributed by atoms with Crippen molar-refractivity contribution in [2.24, 2.45) is 4.99 Å². The fraction of sp³-hybridized carbons (Fsp3) is 0.684. The molecule has 1 atom stereocenters. The van der Waals surface area contributed by atoms with Gasteiger partial charge in [0.1, 0.15) is 5.71 Å². The second kappa shape index (κ2) is 13.2. The molecule has 0 aromatic rings. The van der Waals surface area contributed by atoms with Gasteiger partial charge in [0.05, 0.1) is 19.3 Å². The summed E-state index contributed by atoms with van der Waals surface area (Å²) in [5.41, 5.74) is 2.57. The lowest BCUT2D eigenvalue weighted by molar-refractivity contribution is -0.111. The molecule has 0 aliphatic rings. The quantitative estimate of drug-likeness (QED) is 0.319. The van der Waals surface area contributed by atoms with Crippen LogP contribution in [0, 0.1) is 0 Å². The summed E-state index contributed by atoms with van der Waals surface area (Å²) in [6.45, 7) is 13.6. The van der Waals surface area contributed by atoms with E-state index in [-0.39, 0.29) is 11.9 Å². The number of carbonyl (C=O) groups excluding carboxylic acids is 1. The molecule has 1 unspecified atom stereocenters. The third kappa shape index (κ3) is 8.82. The molecule has 132 valence electrons. The van der Waals surface area contributed by atoms with Crippen LogP contribution in [0.3, 0.4) is 0 Å². The van der Waals surface area contributed by atoms with Crippen LogP contribution >= 0.6 is 0 Å². The number of allylic oxidation sites excluding steroid dienone is 3. The largest absolute Gasteiger partial charge is 0.375 e. The van der Waals surface area contributed by atoms with Crippen molar-refractivity contribution in [1.29, 1.82) is 0 Å². The van der Waals surface area contributed by atoms with Gasteiger partial charge >= 0.3 is 0 Å². The summed E-state index contributed by atoms with van der Waals surface area (Å²) < 4.78 is 5.90. The lowest BCUT2D eigenvalue weighted by Crippen LogP contribution is -2.24. The predicted molar refractivity (Wildman–Crippen MR) is 99.4 cm³/mol. The first-order valence-electron chi connectivity index (χ1n) is 8.65. The van der Waals surface area contributed by atoms with Gasteiger partial charge in [-0.2, -0.15) is 0 Å². The molecule has 0 fully saturated rings. The maximum Gasteiger partial charge on any atom is 0.177 e. The number of nitrogens with zero attached hydrogens (tertiary/aromatic N) is 1. The minimum absolute atomic E-state index is 0.00696. The van der Waals surface area contributed by atoms with Crippen molar-refractivity contribution in [1.82, 2.24) is 5.32 Å². The van der Waals surface area contributed by atoms with E-state index in [1.165, 1.54) is 0 Å². The second-order valence-corrected chi connectivity index (χ2v) is 5.70. The van der Waals surface area contributed by atoms with Crippen LogP contribution in [0.2, 0.25) is 0 Å². The summed E-state index contributed by atoms with van der Waals surface area (Å²) >= 11 is 0. The van der Waals surface area contributed by atoms with Gasteiger partial charge in [-0.15, -0.1) is 0 Å². The van der Waals surface area contributed by atoms with Crippen LogP contribution in [0.15, 0.2) is 28.8 Å². The Labute approximate surface area is 142 Å². The first-order valence-corrected chi connectivity index (χ1v) is 8.65. The number of hydrogen-bond acceptors (Lipinski definition) is 4. The fourth-order valence-electron chi connectivity index (χ4n) is 2.36. The summed E-state index contributed by atoms with van der Waals surface area (Å²) in [5, 5.41) is 3.08. The smallest absolute Gasteiger partial charge is 0.177 e. The third-order valence-corrected chi connectivity index (χ3v) is 3.79. The van der Waals surface area contributed by atoms with Gasteiger partial charge in [0, 0.05) is 13.5 Å². The van der Waals surface area contributed by atoms with Gasteiger partial charge in [-0.05, 0) is 38.0 Å². The van der Waals surface area contributed by atoms with Crippen LogP contribution < -0.4 is 5.32 Å². The molecule has 0 aromatic carbocycles. The number of nitrogens with one attached hydrogen (secondary N) is 1. The Morgan fingerprint density at radius 1 is 1.35 bits per heavy atom. The number of Topliss-reactive ketones (excluding diaryl/α,β-unsaturated/α-hetero) is 1. The van der Waals surface area contributed by atoms with Crippen LogP contribution in [0.1, 0.15) is 53.4 Å². The Morgan fingerprint density at radius 2 is 2.04 bits per heavy atom. The number of unbranched alkanes of at least 4 members (excludes halogenated alkanes) is 1. The average Bonchev–Trinajstić information content (AvgIpc) is 2.54. The molecule has 0 bridgehead atoms. The maximum atomic E-state index is 12.0. The predicted octanol–water partition coefficient (Wildman–Crippen LogP) is 3.72. The summed E-state index contributed by atoms with van der Waals surface area (Å²) in [5.74, 6) is 0.00696. The van der Waals surface area contributed by atoms with E-state index in [4.69, 9.17) is 4.74 Å². The zero-order valence-corrected chi connectivity index (χ0v) is 15.6. The number of ketones is 1. The van der Waals surface area contributed by atoms with Gasteiger partial charge in [-0.25, -0.2) is 0 Å². The normalized spacial score (nSPS) is 14.4. The van der Waals surface area contributed by atoms with Crippen molar-refractivity contribution in [2.45, 2.75) is 59.5 Å². The molecule has 0 aliphatic carbocycles. The monoisotopic (exact) mass is 322 g/mol. The second-order valence-electron chi connectivity index (χ2n) is 5.70. The molecule has 0 aliphatic heterocycles. The summed E-state index contributed by atoms with van der Waals surface area (Å²) in [4.78, 5) is 16.6. The molecule has 0 spiro atoms. The SMILES string of the molecule is C=C/C(C)=C(CC)\C(=N/CC(CCCC)OCCNC)C(C)=O. The summed E-state index contributed by atoms with van der Waals surface area (Å²) in [6, 6.07) is 0. The van der Waals surface area contributed by atoms with Crippen LogP contribution in [0.5, 0.6) is 0 Å². The zero-order valence-electron chi connectivity index (χ0n) is 15.6. The molecule has 0 rings (SSSR count). The minimum Gasteiger partial charge on any atom is -0.375 e. The molecule has 0 aromatic heterocycles. The summed E-state index contributed by atoms with van der Waals surface area (Å²) in [7, 11) is 1.91. The first-order chi connectivity index (χ1) is 11.0. The number of hydrogen-bond donors (Lipinski definition) is 1. The van der Waals surface area contributed by atoms with Crippen LogP contribution in [0.25, 0.3) is 0 Å². The highest BCUT2D eigenvalue weighted by molar-refractivity contribution is 6.45. The van der Waals surface area contributed by atoms with E-state index < -0.39 is 0 Å². The summed E-state index contributed by atoms with van der Waals surface area (Å²) in [6.07, 6.45) is 5.84. The highest BCUT2D eigenvalue weighted by Crippen LogP contribution is 2.14. The van der Waals surface area contributed by atoms with E-state index in [9.17, 15) is 4.79 Å². The Morgan fingerprint density at radius 3 is 2.52 bits per heavy atom. The molecule has 0 saturated carbocycles. The van der Waals surface area contributed by atoms with E-state index >= 15 is 0 Å². The van der Waals surface area contributed by atoms with Gasteiger partial charge in [0.2, 0.25) is 0 Å². The Kier molecular flexibility index (Phi) is 12.5. The molecule has 0 amide bonds. The average molecular weight is 322 g/mol. The van der Waals surface area contributed by atoms with Crippen LogP contribution in [-0.4, -0.2) is 44.3 Å². The van der Waals surface area contributed by atoms with E-state index in [0.29, 0.717) is 18.9 Å². The lowest BCUT2D eigenvalue weighted by atomic mass is 9.99. The lowest BCUT2D eigenvalue weighted by Gasteiger charge is -2.17. The number of likely N-dealkylation sites (N-methyl/N-ethyl adjacent to an activating group) is 1.